The van der Waals surface area contributed by atoms with Gasteiger partial charge in [-0.1, -0.05) is 0 Å². The molecule has 0 fully saturated rings. The summed E-state index contributed by atoms with van der Waals surface area (Å²) >= 11 is 1.54. The number of nitrogens with zero attached hydrogens (tertiary/aromatic N) is 3. The molecule has 0 spiro atoms. The fourth-order valence-electron chi connectivity index (χ4n) is 2.18. The number of hydrogen-bond donors (Lipinski definition) is 0. The largest absolute Gasteiger partial charge is 0.496 e. The fourth-order valence-corrected chi connectivity index (χ4v) is 3.17. The van der Waals surface area contributed by atoms with Crippen molar-refractivity contribution in [3.05, 3.63) is 45.1 Å². The van der Waals surface area contributed by atoms with Gasteiger partial charge in [0.2, 0.25) is 11.6 Å². The highest BCUT2D eigenvalue weighted by Crippen LogP contribution is 2.39. The molecule has 0 bridgehead atoms. The van der Waals surface area contributed by atoms with Crippen molar-refractivity contribution in [3.8, 4) is 17.4 Å². The van der Waals surface area contributed by atoms with Crippen molar-refractivity contribution in [1.82, 2.24) is 9.97 Å². The summed E-state index contributed by atoms with van der Waals surface area (Å²) in [4.78, 5) is 21.0. The molecule has 0 saturated carbocycles. The molecule has 8 heteroatoms. The van der Waals surface area contributed by atoms with Gasteiger partial charge in [-0.05, 0) is 31.5 Å². The van der Waals surface area contributed by atoms with Crippen LogP contribution in [0.2, 0.25) is 0 Å². The van der Waals surface area contributed by atoms with E-state index in [-0.39, 0.29) is 11.4 Å². The first-order valence-corrected chi connectivity index (χ1v) is 7.54. The number of aryl methyl sites for hydroxylation is 2. The van der Waals surface area contributed by atoms with E-state index >= 15 is 0 Å². The highest BCUT2D eigenvalue weighted by atomic mass is 32.1. The number of thiophene rings is 1. The fraction of sp³-hybridized carbons (Fsp3) is 0.200. The summed E-state index contributed by atoms with van der Waals surface area (Å²) in [5, 5.41) is 12.0. The zero-order valence-corrected chi connectivity index (χ0v) is 13.5. The Morgan fingerprint density at radius 2 is 2.04 bits per heavy atom. The Bertz CT molecular complexity index is 907. The van der Waals surface area contributed by atoms with Crippen molar-refractivity contribution >= 4 is 27.2 Å². The first-order valence-electron chi connectivity index (χ1n) is 6.72. The van der Waals surface area contributed by atoms with E-state index in [2.05, 4.69) is 9.97 Å². The van der Waals surface area contributed by atoms with Crippen molar-refractivity contribution in [1.29, 1.82) is 0 Å². The summed E-state index contributed by atoms with van der Waals surface area (Å²) in [6.45, 7) is 3.94. The predicted octanol–water partition coefficient (Wildman–Crippen LogP) is 4.02. The van der Waals surface area contributed by atoms with Gasteiger partial charge in [0, 0.05) is 4.88 Å². The molecular formula is C15H13N3O4S. The predicted molar refractivity (Wildman–Crippen MR) is 86.6 cm³/mol. The number of ether oxygens (including phenoxy) is 2. The monoisotopic (exact) mass is 331 g/mol. The average molecular weight is 331 g/mol. The smallest absolute Gasteiger partial charge is 0.315 e. The zero-order valence-electron chi connectivity index (χ0n) is 12.7. The SMILES string of the molecule is COc1ccc(Oc2ncnc3sc(C)c(C)c23)c([N+](=O)[O-])c1. The van der Waals surface area contributed by atoms with Gasteiger partial charge >= 0.3 is 5.69 Å². The van der Waals surface area contributed by atoms with Gasteiger partial charge in [-0.25, -0.2) is 9.97 Å². The lowest BCUT2D eigenvalue weighted by Gasteiger charge is -2.08. The van der Waals surface area contributed by atoms with Crippen molar-refractivity contribution in [2.24, 2.45) is 0 Å². The van der Waals surface area contributed by atoms with E-state index < -0.39 is 4.92 Å². The van der Waals surface area contributed by atoms with E-state index in [1.807, 2.05) is 13.8 Å². The number of hydrogen-bond acceptors (Lipinski definition) is 7. The van der Waals surface area contributed by atoms with Crippen LogP contribution >= 0.6 is 11.3 Å². The molecule has 0 aliphatic heterocycles. The average Bonchev–Trinajstić information content (AvgIpc) is 2.83. The summed E-state index contributed by atoms with van der Waals surface area (Å²) in [5.41, 5.74) is 0.831. The highest BCUT2D eigenvalue weighted by Gasteiger charge is 2.20. The van der Waals surface area contributed by atoms with Crippen LogP contribution in [0.1, 0.15) is 10.4 Å². The summed E-state index contributed by atoms with van der Waals surface area (Å²) in [7, 11) is 1.45. The number of fused-ring (bicyclic) bond motifs is 1. The lowest BCUT2D eigenvalue weighted by Crippen LogP contribution is -1.96. The Labute approximate surface area is 135 Å². The molecule has 3 rings (SSSR count). The minimum atomic E-state index is -0.512. The second-order valence-corrected chi connectivity index (χ2v) is 6.04. The van der Waals surface area contributed by atoms with Crippen LogP contribution in [-0.4, -0.2) is 22.0 Å². The van der Waals surface area contributed by atoms with Gasteiger partial charge in [0.25, 0.3) is 0 Å². The second kappa shape index (κ2) is 5.81. The van der Waals surface area contributed by atoms with Crippen LogP contribution < -0.4 is 9.47 Å². The molecule has 0 saturated heterocycles. The second-order valence-electron chi connectivity index (χ2n) is 4.84. The quantitative estimate of drug-likeness (QED) is 0.530. The molecule has 2 aromatic heterocycles. The Kier molecular flexibility index (Phi) is 3.83. The Balaban J connectivity index is 2.11. The normalized spacial score (nSPS) is 10.7. The van der Waals surface area contributed by atoms with Crippen LogP contribution in [0.25, 0.3) is 10.2 Å². The van der Waals surface area contributed by atoms with Gasteiger partial charge in [-0.2, -0.15) is 0 Å². The van der Waals surface area contributed by atoms with E-state index in [0.29, 0.717) is 11.6 Å². The number of benzene rings is 1. The number of nitro benzene ring substituents is 1. The Morgan fingerprint density at radius 1 is 1.26 bits per heavy atom. The van der Waals surface area contributed by atoms with E-state index in [0.717, 1.165) is 20.7 Å². The highest BCUT2D eigenvalue weighted by molar-refractivity contribution is 7.18. The molecule has 3 aromatic rings. The third kappa shape index (κ3) is 2.68. The summed E-state index contributed by atoms with van der Waals surface area (Å²) in [6.07, 6.45) is 1.39. The van der Waals surface area contributed by atoms with Crippen LogP contribution in [0.3, 0.4) is 0 Å². The van der Waals surface area contributed by atoms with E-state index in [1.165, 1.54) is 36.9 Å². The molecular weight excluding hydrogens is 318 g/mol. The van der Waals surface area contributed by atoms with Crippen molar-refractivity contribution in [3.63, 3.8) is 0 Å². The molecule has 23 heavy (non-hydrogen) atoms. The third-order valence-electron chi connectivity index (χ3n) is 3.50. The Morgan fingerprint density at radius 3 is 2.74 bits per heavy atom. The molecule has 1 aromatic carbocycles. The summed E-state index contributed by atoms with van der Waals surface area (Å²) in [5.74, 6) is 0.809. The Hall–Kier alpha value is -2.74. The number of methoxy groups -OCH3 is 1. The molecule has 0 radical (unpaired) electrons. The molecule has 0 amide bonds. The molecule has 0 N–H and O–H groups in total. The third-order valence-corrected chi connectivity index (χ3v) is 4.62. The standard InChI is InChI=1S/C15H13N3O4S/c1-8-9(2)23-15-13(8)14(16-7-17-15)22-12-5-4-10(21-3)6-11(12)18(19)20/h4-7H,1-3H3. The first kappa shape index (κ1) is 15.2. The molecule has 118 valence electrons. The van der Waals surface area contributed by atoms with Crippen LogP contribution in [0.4, 0.5) is 5.69 Å². The molecule has 7 nitrogen and oxygen atoms in total. The van der Waals surface area contributed by atoms with E-state index in [9.17, 15) is 10.1 Å². The van der Waals surface area contributed by atoms with Gasteiger partial charge in [-0.15, -0.1) is 11.3 Å². The van der Waals surface area contributed by atoms with Crippen molar-refractivity contribution in [2.75, 3.05) is 7.11 Å². The summed E-state index contributed by atoms with van der Waals surface area (Å²) in [6, 6.07) is 4.42. The minimum absolute atomic E-state index is 0.110. The number of nitro groups is 1. The van der Waals surface area contributed by atoms with Gasteiger partial charge in [0.15, 0.2) is 0 Å². The van der Waals surface area contributed by atoms with Crippen LogP contribution in [0.15, 0.2) is 24.5 Å². The molecule has 0 aliphatic carbocycles. The van der Waals surface area contributed by atoms with Gasteiger partial charge in [0.05, 0.1) is 23.5 Å². The number of rotatable bonds is 4. The van der Waals surface area contributed by atoms with E-state index in [1.54, 1.807) is 6.07 Å². The molecule has 0 aliphatic rings. The maximum Gasteiger partial charge on any atom is 0.315 e. The lowest BCUT2D eigenvalue weighted by molar-refractivity contribution is -0.385. The van der Waals surface area contributed by atoms with Crippen LogP contribution in [0, 0.1) is 24.0 Å². The van der Waals surface area contributed by atoms with Crippen molar-refractivity contribution in [2.45, 2.75) is 13.8 Å². The topological polar surface area (TPSA) is 87.4 Å². The maximum atomic E-state index is 11.3. The first-order chi connectivity index (χ1) is 11.0. The number of aromatic nitrogens is 2. The molecule has 0 atom stereocenters. The van der Waals surface area contributed by atoms with Crippen LogP contribution in [0.5, 0.6) is 17.4 Å². The maximum absolute atomic E-state index is 11.3. The molecule has 0 unspecified atom stereocenters. The van der Waals surface area contributed by atoms with Gasteiger partial charge in [-0.3, -0.25) is 10.1 Å². The minimum Gasteiger partial charge on any atom is -0.496 e. The summed E-state index contributed by atoms with van der Waals surface area (Å²) < 4.78 is 10.8. The van der Waals surface area contributed by atoms with E-state index in [4.69, 9.17) is 9.47 Å². The lowest BCUT2D eigenvalue weighted by atomic mass is 10.2. The zero-order chi connectivity index (χ0) is 16.6. The van der Waals surface area contributed by atoms with Gasteiger partial charge in [0.1, 0.15) is 16.9 Å². The molecule has 2 heterocycles. The van der Waals surface area contributed by atoms with Gasteiger partial charge < -0.3 is 9.47 Å². The van der Waals surface area contributed by atoms with Crippen molar-refractivity contribution < 1.29 is 14.4 Å². The van der Waals surface area contributed by atoms with Crippen LogP contribution in [-0.2, 0) is 0 Å².